The summed E-state index contributed by atoms with van der Waals surface area (Å²) in [6.45, 7) is 12.3. The Hall–Kier alpha value is -3.22. The fraction of sp³-hybridized carbons (Fsp3) is 0.400. The zero-order valence-corrected chi connectivity index (χ0v) is 22.4. The number of aromatic amines is 1. The summed E-state index contributed by atoms with van der Waals surface area (Å²) in [7, 11) is -4.05. The number of fused-ring (bicyclic) bond motifs is 1. The van der Waals surface area contributed by atoms with Gasteiger partial charge in [0.25, 0.3) is 10.1 Å². The summed E-state index contributed by atoms with van der Waals surface area (Å²) in [6.07, 6.45) is 0. The number of rotatable bonds is 6. The molecule has 0 aliphatic rings. The average Bonchev–Trinajstić information content (AvgIpc) is 3.34. The summed E-state index contributed by atoms with van der Waals surface area (Å²) in [5.41, 5.74) is 1.55. The van der Waals surface area contributed by atoms with E-state index in [9.17, 15) is 17.2 Å². The van der Waals surface area contributed by atoms with Gasteiger partial charge in [0, 0.05) is 23.6 Å². The first kappa shape index (κ1) is 26.8. The maximum absolute atomic E-state index is 14.8. The van der Waals surface area contributed by atoms with E-state index in [2.05, 4.69) is 14.3 Å². The Morgan fingerprint density at radius 2 is 1.73 bits per heavy atom. The van der Waals surface area contributed by atoms with Gasteiger partial charge in [0.05, 0.1) is 11.4 Å². The van der Waals surface area contributed by atoms with Gasteiger partial charge in [0.15, 0.2) is 5.65 Å². The SMILES string of the molecule is CC(C)(C)Cn1c(CS(=O)(=O)ON)nc2ccc(-c3nc(C(C)(C)C)[nH]c3-c3ccc(F)cc3F)nc21. The van der Waals surface area contributed by atoms with E-state index in [-0.39, 0.29) is 16.8 Å². The molecule has 0 saturated heterocycles. The van der Waals surface area contributed by atoms with E-state index in [1.807, 2.05) is 41.5 Å². The number of hydrogen-bond donors (Lipinski definition) is 2. The van der Waals surface area contributed by atoms with Crippen LogP contribution in [0, 0.1) is 17.0 Å². The first-order valence-electron chi connectivity index (χ1n) is 11.6. The Morgan fingerprint density at radius 1 is 1.03 bits per heavy atom. The minimum Gasteiger partial charge on any atom is -0.341 e. The smallest absolute Gasteiger partial charge is 0.290 e. The van der Waals surface area contributed by atoms with Crippen molar-refractivity contribution in [3.8, 4) is 22.6 Å². The number of nitrogens with one attached hydrogen (secondary N) is 1. The topological polar surface area (TPSA) is 129 Å². The van der Waals surface area contributed by atoms with Crippen LogP contribution in [0.2, 0.25) is 0 Å². The largest absolute Gasteiger partial charge is 0.341 e. The second-order valence-electron chi connectivity index (χ2n) is 11.2. The molecule has 3 N–H and O–H groups in total. The van der Waals surface area contributed by atoms with Gasteiger partial charge in [-0.05, 0) is 29.7 Å². The minimum absolute atomic E-state index is 0.149. The summed E-state index contributed by atoms with van der Waals surface area (Å²) in [4.78, 5) is 17.2. The van der Waals surface area contributed by atoms with Gasteiger partial charge in [0.1, 0.15) is 40.2 Å². The molecule has 4 aromatic rings. The molecule has 0 radical (unpaired) electrons. The third-order valence-electron chi connectivity index (χ3n) is 5.61. The zero-order valence-electron chi connectivity index (χ0n) is 21.6. The van der Waals surface area contributed by atoms with E-state index in [0.29, 0.717) is 40.6 Å². The Kier molecular flexibility index (Phi) is 6.72. The maximum Gasteiger partial charge on any atom is 0.290 e. The summed E-state index contributed by atoms with van der Waals surface area (Å²) in [6, 6.07) is 6.74. The first-order valence-corrected chi connectivity index (χ1v) is 13.2. The molecule has 3 heterocycles. The number of nitrogens with zero attached hydrogens (tertiary/aromatic N) is 4. The summed E-state index contributed by atoms with van der Waals surface area (Å²) < 4.78 is 58.6. The van der Waals surface area contributed by atoms with Crippen molar-refractivity contribution >= 4 is 21.3 Å². The molecule has 0 unspecified atom stereocenters. The molecule has 9 nitrogen and oxygen atoms in total. The summed E-state index contributed by atoms with van der Waals surface area (Å²) >= 11 is 0. The lowest BCUT2D eigenvalue weighted by Crippen LogP contribution is -2.21. The fourth-order valence-corrected chi connectivity index (χ4v) is 4.53. The molecule has 3 aromatic heterocycles. The van der Waals surface area contributed by atoms with Crippen molar-refractivity contribution in [3.05, 3.63) is 53.6 Å². The Balaban J connectivity index is 1.96. The van der Waals surface area contributed by atoms with Gasteiger partial charge >= 0.3 is 0 Å². The van der Waals surface area contributed by atoms with Gasteiger partial charge in [-0.25, -0.2) is 23.7 Å². The van der Waals surface area contributed by atoms with Crippen LogP contribution in [-0.2, 0) is 32.1 Å². The number of hydrogen-bond acceptors (Lipinski definition) is 7. The minimum atomic E-state index is -4.05. The average molecular weight is 533 g/mol. The number of nitrogens with two attached hydrogens (primary N) is 1. The van der Waals surface area contributed by atoms with Crippen molar-refractivity contribution < 1.29 is 21.5 Å². The van der Waals surface area contributed by atoms with Crippen LogP contribution in [-0.4, -0.2) is 32.9 Å². The highest BCUT2D eigenvalue weighted by Crippen LogP contribution is 2.35. The number of aromatic nitrogens is 5. The molecule has 0 atom stereocenters. The van der Waals surface area contributed by atoms with Gasteiger partial charge in [-0.3, -0.25) is 0 Å². The Morgan fingerprint density at radius 3 is 2.32 bits per heavy atom. The van der Waals surface area contributed by atoms with Crippen LogP contribution < -0.4 is 5.90 Å². The van der Waals surface area contributed by atoms with Crippen LogP contribution in [0.3, 0.4) is 0 Å². The van der Waals surface area contributed by atoms with Crippen LogP contribution in [0.1, 0.15) is 53.2 Å². The highest BCUT2D eigenvalue weighted by Gasteiger charge is 2.27. The number of imidazole rings is 2. The number of H-pyrrole nitrogens is 1. The molecule has 0 aliphatic carbocycles. The number of benzene rings is 1. The normalized spacial score (nSPS) is 13.0. The number of halogens is 2. The lowest BCUT2D eigenvalue weighted by molar-refractivity contribution is 0.326. The van der Waals surface area contributed by atoms with Crippen LogP contribution in [0.5, 0.6) is 0 Å². The van der Waals surface area contributed by atoms with Crippen LogP contribution in [0.15, 0.2) is 30.3 Å². The predicted molar refractivity (Wildman–Crippen MR) is 137 cm³/mol. The molecule has 1 aromatic carbocycles. The highest BCUT2D eigenvalue weighted by molar-refractivity contribution is 7.85. The monoisotopic (exact) mass is 532 g/mol. The van der Waals surface area contributed by atoms with E-state index in [1.165, 1.54) is 12.1 Å². The van der Waals surface area contributed by atoms with E-state index < -0.39 is 32.9 Å². The molecule has 0 bridgehead atoms. The molecule has 198 valence electrons. The van der Waals surface area contributed by atoms with Gasteiger partial charge in [-0.1, -0.05) is 41.5 Å². The number of pyridine rings is 1. The lowest BCUT2D eigenvalue weighted by atomic mass is 9.96. The van der Waals surface area contributed by atoms with Gasteiger partial charge in [0.2, 0.25) is 0 Å². The molecule has 12 heteroatoms. The van der Waals surface area contributed by atoms with Gasteiger partial charge < -0.3 is 9.55 Å². The molecule has 0 amide bonds. The summed E-state index contributed by atoms with van der Waals surface area (Å²) in [5, 5.41) is 0. The molecule has 37 heavy (non-hydrogen) atoms. The third kappa shape index (κ3) is 5.71. The molecular weight excluding hydrogens is 502 g/mol. The Bertz CT molecular complexity index is 1580. The van der Waals surface area contributed by atoms with Crippen molar-refractivity contribution in [3.63, 3.8) is 0 Å². The summed E-state index contributed by atoms with van der Waals surface area (Å²) in [5.74, 6) is 3.81. The quantitative estimate of drug-likeness (QED) is 0.340. The second kappa shape index (κ2) is 9.26. The standard InChI is InChI=1S/C25H30F2N6O3S/c1-24(2,3)13-33-19(12-37(34,35)36-28)29-18-10-9-17(30-22(18)33)21-20(31-23(32-21)25(4,5)6)15-8-7-14(26)11-16(15)27/h7-11H,12-13,28H2,1-6H3,(H,31,32). The maximum atomic E-state index is 14.8. The molecule has 4 rings (SSSR count). The van der Waals surface area contributed by atoms with Crippen molar-refractivity contribution in [1.82, 2.24) is 24.5 Å². The first-order chi connectivity index (χ1) is 17.1. The van der Waals surface area contributed by atoms with E-state index >= 15 is 0 Å². The van der Waals surface area contributed by atoms with Crippen molar-refractivity contribution in [1.29, 1.82) is 0 Å². The molecular formula is C25H30F2N6O3S. The third-order valence-corrected chi connectivity index (χ3v) is 6.52. The van der Waals surface area contributed by atoms with Gasteiger partial charge in [-0.2, -0.15) is 18.6 Å². The molecule has 0 fully saturated rings. The molecule has 0 aliphatic heterocycles. The molecule has 0 saturated carbocycles. The van der Waals surface area contributed by atoms with E-state index in [0.717, 1.165) is 6.07 Å². The van der Waals surface area contributed by atoms with Crippen molar-refractivity contribution in [2.45, 2.75) is 59.3 Å². The van der Waals surface area contributed by atoms with Crippen LogP contribution in [0.25, 0.3) is 33.8 Å². The Labute approximate surface area is 214 Å². The highest BCUT2D eigenvalue weighted by atomic mass is 32.2. The van der Waals surface area contributed by atoms with Crippen LogP contribution in [0.4, 0.5) is 8.78 Å². The van der Waals surface area contributed by atoms with Crippen LogP contribution >= 0.6 is 0 Å². The van der Waals surface area contributed by atoms with Gasteiger partial charge in [-0.15, -0.1) is 0 Å². The van der Waals surface area contributed by atoms with Crippen molar-refractivity contribution in [2.75, 3.05) is 0 Å². The lowest BCUT2D eigenvalue weighted by Gasteiger charge is -2.20. The predicted octanol–water partition coefficient (Wildman–Crippen LogP) is 4.83. The van der Waals surface area contributed by atoms with E-state index in [4.69, 9.17) is 15.9 Å². The zero-order chi connectivity index (χ0) is 27.3. The van der Waals surface area contributed by atoms with Crippen molar-refractivity contribution in [2.24, 2.45) is 11.3 Å². The van der Waals surface area contributed by atoms with E-state index in [1.54, 1.807) is 16.7 Å². The second-order valence-corrected chi connectivity index (χ2v) is 12.8. The molecule has 0 spiro atoms. The fourth-order valence-electron chi connectivity index (χ4n) is 3.92.